The molecular weight excluding hydrogens is 344 g/mol. The van der Waals surface area contributed by atoms with Crippen LogP contribution < -0.4 is 10.9 Å². The van der Waals surface area contributed by atoms with Crippen molar-refractivity contribution in [2.45, 2.75) is 46.1 Å². The highest BCUT2D eigenvalue weighted by Crippen LogP contribution is 2.16. The number of amides is 1. The molecule has 0 spiro atoms. The van der Waals surface area contributed by atoms with Gasteiger partial charge in [-0.2, -0.15) is 5.10 Å². The first-order chi connectivity index (χ1) is 13.1. The molecule has 1 N–H and O–H groups in total. The van der Waals surface area contributed by atoms with Gasteiger partial charge in [-0.25, -0.2) is 4.68 Å². The molecule has 0 aliphatic heterocycles. The second-order valence-corrected chi connectivity index (χ2v) is 6.62. The maximum Gasteiger partial charge on any atom is 0.296 e. The summed E-state index contributed by atoms with van der Waals surface area (Å²) in [5.41, 5.74) is 1.99. The number of nitrogens with zero attached hydrogens (tertiary/aromatic N) is 3. The average Bonchev–Trinajstić information content (AvgIpc) is 3.06. The van der Waals surface area contributed by atoms with Crippen molar-refractivity contribution in [1.82, 2.24) is 20.3 Å². The molecule has 0 saturated heterocycles. The highest BCUT2D eigenvalue weighted by atomic mass is 16.5. The van der Waals surface area contributed by atoms with Crippen LogP contribution in [-0.2, 0) is 17.8 Å². The minimum Gasteiger partial charge on any atom is -0.360 e. The van der Waals surface area contributed by atoms with Crippen molar-refractivity contribution < 1.29 is 9.32 Å². The third-order valence-corrected chi connectivity index (χ3v) is 4.51. The van der Waals surface area contributed by atoms with Gasteiger partial charge in [0.15, 0.2) is 5.52 Å². The summed E-state index contributed by atoms with van der Waals surface area (Å²) in [7, 11) is 0. The zero-order valence-corrected chi connectivity index (χ0v) is 15.7. The lowest BCUT2D eigenvalue weighted by Gasteiger charge is -2.07. The van der Waals surface area contributed by atoms with E-state index in [9.17, 15) is 9.59 Å². The Bertz CT molecular complexity index is 976. The molecule has 142 valence electrons. The topological polar surface area (TPSA) is 90.0 Å². The number of benzene rings is 1. The number of aromatic nitrogens is 3. The Hall–Kier alpha value is -2.96. The van der Waals surface area contributed by atoms with Gasteiger partial charge in [0.2, 0.25) is 5.91 Å². The van der Waals surface area contributed by atoms with Gasteiger partial charge in [0.05, 0.1) is 11.1 Å². The van der Waals surface area contributed by atoms with Crippen molar-refractivity contribution in [3.8, 4) is 0 Å². The molecule has 0 bridgehead atoms. The lowest BCUT2D eigenvalue weighted by Crippen LogP contribution is -2.27. The van der Waals surface area contributed by atoms with Crippen LogP contribution in [0.4, 0.5) is 0 Å². The van der Waals surface area contributed by atoms with E-state index in [1.54, 1.807) is 6.92 Å². The molecule has 27 heavy (non-hydrogen) atoms. The number of hydrogen-bond acceptors (Lipinski definition) is 5. The highest BCUT2D eigenvalue weighted by molar-refractivity contribution is 5.81. The van der Waals surface area contributed by atoms with Crippen molar-refractivity contribution >= 4 is 16.8 Å². The van der Waals surface area contributed by atoms with Crippen LogP contribution in [0, 0.1) is 13.8 Å². The molecule has 3 aromatic rings. The van der Waals surface area contributed by atoms with Crippen LogP contribution in [0.2, 0.25) is 0 Å². The summed E-state index contributed by atoms with van der Waals surface area (Å²) in [6.45, 7) is 4.60. The van der Waals surface area contributed by atoms with E-state index < -0.39 is 0 Å². The van der Waals surface area contributed by atoms with E-state index >= 15 is 0 Å². The standard InChI is InChI=1S/C20H24N4O3/c1-14-18-15(2)27-23-19(18)20(26)24(22-14)13-7-11-17(25)21-12-6-10-16-8-4-3-5-9-16/h3-5,8-9H,6-7,10-13H2,1-2H3,(H,21,25). The molecular formula is C20H24N4O3. The molecule has 0 fully saturated rings. The van der Waals surface area contributed by atoms with E-state index in [0.717, 1.165) is 12.8 Å². The summed E-state index contributed by atoms with van der Waals surface area (Å²) in [6.07, 6.45) is 2.74. The lowest BCUT2D eigenvalue weighted by atomic mass is 10.1. The van der Waals surface area contributed by atoms with Crippen LogP contribution >= 0.6 is 0 Å². The molecule has 1 aromatic carbocycles. The predicted octanol–water partition coefficient (Wildman–Crippen LogP) is 2.53. The van der Waals surface area contributed by atoms with Crippen LogP contribution in [0.15, 0.2) is 39.6 Å². The number of aryl methyl sites for hydroxylation is 4. The Labute approximate surface area is 157 Å². The average molecular weight is 368 g/mol. The second kappa shape index (κ2) is 8.62. The zero-order valence-electron chi connectivity index (χ0n) is 15.7. The SMILES string of the molecule is Cc1nn(CCCC(=O)NCCCc2ccccc2)c(=O)c2noc(C)c12. The van der Waals surface area contributed by atoms with Crippen LogP contribution in [0.25, 0.3) is 10.9 Å². The van der Waals surface area contributed by atoms with Gasteiger partial charge in [0.1, 0.15) is 5.76 Å². The first-order valence-corrected chi connectivity index (χ1v) is 9.20. The van der Waals surface area contributed by atoms with E-state index in [-0.39, 0.29) is 11.5 Å². The van der Waals surface area contributed by atoms with E-state index in [1.165, 1.54) is 10.2 Å². The first kappa shape index (κ1) is 18.8. The summed E-state index contributed by atoms with van der Waals surface area (Å²) < 4.78 is 6.46. The summed E-state index contributed by atoms with van der Waals surface area (Å²) in [6, 6.07) is 10.2. The molecule has 0 aliphatic rings. The summed E-state index contributed by atoms with van der Waals surface area (Å²) in [5, 5.41) is 11.7. The van der Waals surface area contributed by atoms with Crippen LogP contribution in [0.5, 0.6) is 0 Å². The maximum absolute atomic E-state index is 12.4. The van der Waals surface area contributed by atoms with Gasteiger partial charge in [-0.1, -0.05) is 35.5 Å². The van der Waals surface area contributed by atoms with Crippen molar-refractivity contribution in [2.75, 3.05) is 6.54 Å². The molecule has 2 aromatic heterocycles. The molecule has 0 radical (unpaired) electrons. The summed E-state index contributed by atoms with van der Waals surface area (Å²) >= 11 is 0. The van der Waals surface area contributed by atoms with E-state index in [0.29, 0.717) is 48.3 Å². The Balaban J connectivity index is 1.44. The van der Waals surface area contributed by atoms with Gasteiger partial charge in [0, 0.05) is 19.5 Å². The number of carbonyl (C=O) groups is 1. The number of hydrogen-bond donors (Lipinski definition) is 1. The molecule has 1 amide bonds. The van der Waals surface area contributed by atoms with Crippen LogP contribution in [0.3, 0.4) is 0 Å². The van der Waals surface area contributed by atoms with Crippen LogP contribution in [-0.4, -0.2) is 27.4 Å². The fraction of sp³-hybridized carbons (Fsp3) is 0.400. The normalized spacial score (nSPS) is 11.0. The fourth-order valence-corrected chi connectivity index (χ4v) is 3.14. The highest BCUT2D eigenvalue weighted by Gasteiger charge is 2.15. The summed E-state index contributed by atoms with van der Waals surface area (Å²) in [5.74, 6) is 0.584. The molecule has 0 unspecified atom stereocenters. The molecule has 0 saturated carbocycles. The number of fused-ring (bicyclic) bond motifs is 1. The minimum absolute atomic E-state index is 0.00816. The van der Waals surface area contributed by atoms with Crippen LogP contribution in [0.1, 0.15) is 36.3 Å². The Morgan fingerprint density at radius 2 is 1.96 bits per heavy atom. The molecule has 2 heterocycles. The number of carbonyl (C=O) groups excluding carboxylic acids is 1. The van der Waals surface area contributed by atoms with Crippen molar-refractivity contribution in [3.63, 3.8) is 0 Å². The van der Waals surface area contributed by atoms with E-state index in [1.807, 2.05) is 25.1 Å². The van der Waals surface area contributed by atoms with Gasteiger partial charge < -0.3 is 9.84 Å². The molecule has 3 rings (SSSR count). The predicted molar refractivity (Wildman–Crippen MR) is 103 cm³/mol. The molecule has 0 atom stereocenters. The number of nitrogens with one attached hydrogen (secondary N) is 1. The summed E-state index contributed by atoms with van der Waals surface area (Å²) in [4.78, 5) is 24.4. The first-order valence-electron chi connectivity index (χ1n) is 9.20. The molecule has 7 heteroatoms. The minimum atomic E-state index is -0.282. The van der Waals surface area contributed by atoms with Crippen molar-refractivity contribution in [2.24, 2.45) is 0 Å². The monoisotopic (exact) mass is 368 g/mol. The Morgan fingerprint density at radius 1 is 1.19 bits per heavy atom. The fourth-order valence-electron chi connectivity index (χ4n) is 3.14. The molecule has 0 aliphatic carbocycles. The van der Waals surface area contributed by atoms with Gasteiger partial charge in [-0.3, -0.25) is 9.59 Å². The van der Waals surface area contributed by atoms with Gasteiger partial charge in [-0.05, 0) is 38.7 Å². The Morgan fingerprint density at radius 3 is 2.74 bits per heavy atom. The van der Waals surface area contributed by atoms with E-state index in [2.05, 4.69) is 27.7 Å². The third kappa shape index (κ3) is 4.61. The largest absolute Gasteiger partial charge is 0.360 e. The second-order valence-electron chi connectivity index (χ2n) is 6.62. The zero-order chi connectivity index (χ0) is 19.2. The third-order valence-electron chi connectivity index (χ3n) is 4.51. The van der Waals surface area contributed by atoms with Crippen molar-refractivity contribution in [3.05, 3.63) is 57.7 Å². The van der Waals surface area contributed by atoms with Crippen molar-refractivity contribution in [1.29, 1.82) is 0 Å². The Kier molecular flexibility index (Phi) is 6.01. The van der Waals surface area contributed by atoms with Gasteiger partial charge in [-0.15, -0.1) is 0 Å². The number of rotatable bonds is 8. The van der Waals surface area contributed by atoms with Gasteiger partial charge in [0.25, 0.3) is 5.56 Å². The van der Waals surface area contributed by atoms with E-state index in [4.69, 9.17) is 4.52 Å². The lowest BCUT2D eigenvalue weighted by molar-refractivity contribution is -0.121. The maximum atomic E-state index is 12.4. The molecule has 7 nitrogen and oxygen atoms in total. The van der Waals surface area contributed by atoms with Gasteiger partial charge >= 0.3 is 0 Å². The smallest absolute Gasteiger partial charge is 0.296 e. The quantitative estimate of drug-likeness (QED) is 0.617.